The lowest BCUT2D eigenvalue weighted by atomic mass is 10.3. The van der Waals surface area contributed by atoms with E-state index in [9.17, 15) is 0 Å². The van der Waals surface area contributed by atoms with Crippen LogP contribution in [0.2, 0.25) is 0 Å². The molecule has 0 aromatic heterocycles. The van der Waals surface area contributed by atoms with Gasteiger partial charge in [-0.1, -0.05) is 13.3 Å². The first-order valence-corrected chi connectivity index (χ1v) is 3.99. The molecule has 0 bridgehead atoms. The molecule has 2 atom stereocenters. The van der Waals surface area contributed by atoms with Crippen LogP contribution in [0.25, 0.3) is 0 Å². The summed E-state index contributed by atoms with van der Waals surface area (Å²) < 4.78 is 0. The summed E-state index contributed by atoms with van der Waals surface area (Å²) in [7, 11) is 0. The van der Waals surface area contributed by atoms with Crippen LogP contribution in [-0.4, -0.2) is 29.3 Å². The van der Waals surface area contributed by atoms with E-state index < -0.39 is 12.5 Å². The standard InChI is InChI=1S/C7H18N2O2/c1-3-4-7(11)9-5-8-6(2)10/h6-11H,3-5H2,1-2H3. The van der Waals surface area contributed by atoms with Crippen molar-refractivity contribution in [2.75, 3.05) is 6.67 Å². The molecule has 0 spiro atoms. The number of nitrogens with one attached hydrogen (secondary N) is 2. The summed E-state index contributed by atoms with van der Waals surface area (Å²) in [4.78, 5) is 0. The van der Waals surface area contributed by atoms with Crippen LogP contribution in [0, 0.1) is 0 Å². The van der Waals surface area contributed by atoms with E-state index in [4.69, 9.17) is 10.2 Å². The molecule has 4 N–H and O–H groups in total. The molecule has 0 aliphatic carbocycles. The van der Waals surface area contributed by atoms with Gasteiger partial charge < -0.3 is 10.2 Å². The Morgan fingerprint density at radius 1 is 1.27 bits per heavy atom. The molecule has 0 radical (unpaired) electrons. The molecule has 0 saturated heterocycles. The summed E-state index contributed by atoms with van der Waals surface area (Å²) in [6, 6.07) is 0. The van der Waals surface area contributed by atoms with Crippen LogP contribution in [-0.2, 0) is 0 Å². The van der Waals surface area contributed by atoms with Crippen molar-refractivity contribution < 1.29 is 10.2 Å². The molecule has 68 valence electrons. The van der Waals surface area contributed by atoms with Crippen LogP contribution in [0.1, 0.15) is 26.7 Å². The lowest BCUT2D eigenvalue weighted by Crippen LogP contribution is -2.40. The molecule has 0 aliphatic rings. The highest BCUT2D eigenvalue weighted by Gasteiger charge is 1.99. The van der Waals surface area contributed by atoms with Crippen molar-refractivity contribution in [3.8, 4) is 0 Å². The largest absolute Gasteiger partial charge is 0.379 e. The zero-order valence-electron chi connectivity index (χ0n) is 7.17. The van der Waals surface area contributed by atoms with E-state index in [0.717, 1.165) is 12.8 Å². The van der Waals surface area contributed by atoms with Crippen LogP contribution >= 0.6 is 0 Å². The highest BCUT2D eigenvalue weighted by atomic mass is 16.3. The molecule has 0 rings (SSSR count). The second-order valence-corrected chi connectivity index (χ2v) is 2.57. The molecule has 0 heterocycles. The number of aliphatic hydroxyl groups excluding tert-OH is 2. The minimum absolute atomic E-state index is 0.429. The topological polar surface area (TPSA) is 64.5 Å². The van der Waals surface area contributed by atoms with Gasteiger partial charge in [0.2, 0.25) is 0 Å². The number of aliphatic hydroxyl groups is 2. The molecule has 0 fully saturated rings. The van der Waals surface area contributed by atoms with E-state index in [1.165, 1.54) is 0 Å². The Morgan fingerprint density at radius 2 is 1.91 bits per heavy atom. The summed E-state index contributed by atoms with van der Waals surface area (Å²) in [6.07, 6.45) is 0.687. The van der Waals surface area contributed by atoms with E-state index in [-0.39, 0.29) is 0 Å². The van der Waals surface area contributed by atoms with Crippen molar-refractivity contribution in [3.05, 3.63) is 0 Å². The van der Waals surface area contributed by atoms with Gasteiger partial charge in [-0.2, -0.15) is 0 Å². The van der Waals surface area contributed by atoms with Crippen molar-refractivity contribution in [2.24, 2.45) is 0 Å². The number of hydrogen-bond acceptors (Lipinski definition) is 4. The third kappa shape index (κ3) is 7.74. The monoisotopic (exact) mass is 162 g/mol. The maximum atomic E-state index is 9.13. The average molecular weight is 162 g/mol. The first kappa shape index (κ1) is 10.8. The maximum Gasteiger partial charge on any atom is 0.105 e. The Morgan fingerprint density at radius 3 is 2.36 bits per heavy atom. The molecule has 0 aromatic carbocycles. The Labute approximate surface area is 67.6 Å². The fourth-order valence-electron chi connectivity index (χ4n) is 0.700. The smallest absolute Gasteiger partial charge is 0.105 e. The van der Waals surface area contributed by atoms with Crippen molar-refractivity contribution >= 4 is 0 Å². The SMILES string of the molecule is CCCC(O)NCNC(C)O. The van der Waals surface area contributed by atoms with E-state index in [1.807, 2.05) is 6.92 Å². The molecular formula is C7H18N2O2. The molecule has 0 saturated carbocycles. The fraction of sp³-hybridized carbons (Fsp3) is 1.00. The highest BCUT2D eigenvalue weighted by molar-refractivity contribution is 4.51. The quantitative estimate of drug-likeness (QED) is 0.401. The molecule has 4 nitrogen and oxygen atoms in total. The van der Waals surface area contributed by atoms with Crippen molar-refractivity contribution in [3.63, 3.8) is 0 Å². The molecule has 2 unspecified atom stereocenters. The van der Waals surface area contributed by atoms with Crippen LogP contribution in [0.4, 0.5) is 0 Å². The summed E-state index contributed by atoms with van der Waals surface area (Å²) in [5, 5.41) is 23.4. The Bertz CT molecular complexity index is 88.5. The highest BCUT2D eigenvalue weighted by Crippen LogP contribution is 1.89. The Kier molecular flexibility index (Phi) is 6.45. The van der Waals surface area contributed by atoms with Crippen LogP contribution in [0.5, 0.6) is 0 Å². The van der Waals surface area contributed by atoms with Gasteiger partial charge in [0.15, 0.2) is 0 Å². The lowest BCUT2D eigenvalue weighted by molar-refractivity contribution is 0.104. The van der Waals surface area contributed by atoms with Gasteiger partial charge in [0, 0.05) is 6.67 Å². The number of rotatable bonds is 6. The molecule has 0 aromatic rings. The first-order chi connectivity index (χ1) is 5.16. The fourth-order valence-corrected chi connectivity index (χ4v) is 0.700. The van der Waals surface area contributed by atoms with Crippen LogP contribution in [0.3, 0.4) is 0 Å². The predicted octanol–water partition coefficient (Wildman–Crippen LogP) is -0.420. The molecule has 0 amide bonds. The zero-order valence-corrected chi connectivity index (χ0v) is 7.17. The Hall–Kier alpha value is -0.160. The third-order valence-electron chi connectivity index (χ3n) is 1.30. The van der Waals surface area contributed by atoms with E-state index in [0.29, 0.717) is 6.67 Å². The normalized spacial score (nSPS) is 16.4. The molecule has 0 aliphatic heterocycles. The van der Waals surface area contributed by atoms with E-state index in [2.05, 4.69) is 10.6 Å². The molecule has 4 heteroatoms. The summed E-state index contributed by atoms with van der Waals surface area (Å²) >= 11 is 0. The predicted molar refractivity (Wildman–Crippen MR) is 43.7 cm³/mol. The minimum atomic E-state index is -0.531. The molecule has 11 heavy (non-hydrogen) atoms. The van der Waals surface area contributed by atoms with Gasteiger partial charge in [0.1, 0.15) is 12.5 Å². The van der Waals surface area contributed by atoms with Gasteiger partial charge in [-0.05, 0) is 13.3 Å². The van der Waals surface area contributed by atoms with Gasteiger partial charge in [-0.25, -0.2) is 0 Å². The maximum absolute atomic E-state index is 9.13. The van der Waals surface area contributed by atoms with Gasteiger partial charge in [0.25, 0.3) is 0 Å². The van der Waals surface area contributed by atoms with Crippen LogP contribution < -0.4 is 10.6 Å². The zero-order chi connectivity index (χ0) is 8.69. The second-order valence-electron chi connectivity index (χ2n) is 2.57. The minimum Gasteiger partial charge on any atom is -0.379 e. The third-order valence-corrected chi connectivity index (χ3v) is 1.30. The lowest BCUT2D eigenvalue weighted by Gasteiger charge is -2.13. The first-order valence-electron chi connectivity index (χ1n) is 3.99. The van der Waals surface area contributed by atoms with Gasteiger partial charge in [-0.15, -0.1) is 0 Å². The van der Waals surface area contributed by atoms with Gasteiger partial charge >= 0.3 is 0 Å². The van der Waals surface area contributed by atoms with Crippen LogP contribution in [0.15, 0.2) is 0 Å². The van der Waals surface area contributed by atoms with Crippen molar-refractivity contribution in [1.82, 2.24) is 10.6 Å². The second kappa shape index (κ2) is 6.54. The van der Waals surface area contributed by atoms with E-state index in [1.54, 1.807) is 6.92 Å². The summed E-state index contributed by atoms with van der Waals surface area (Å²) in [5.41, 5.74) is 0. The Balaban J connectivity index is 3.10. The molecular weight excluding hydrogens is 144 g/mol. The van der Waals surface area contributed by atoms with Gasteiger partial charge in [-0.3, -0.25) is 10.6 Å². The summed E-state index contributed by atoms with van der Waals surface area (Å²) in [5.74, 6) is 0. The van der Waals surface area contributed by atoms with Crippen molar-refractivity contribution in [1.29, 1.82) is 0 Å². The van der Waals surface area contributed by atoms with E-state index >= 15 is 0 Å². The van der Waals surface area contributed by atoms with Crippen molar-refractivity contribution in [2.45, 2.75) is 39.1 Å². The van der Waals surface area contributed by atoms with Gasteiger partial charge in [0.05, 0.1) is 0 Å². The summed E-state index contributed by atoms with van der Waals surface area (Å²) in [6.45, 7) is 4.07. The average Bonchev–Trinajstić information content (AvgIpc) is 1.87. The number of hydrogen-bond donors (Lipinski definition) is 4.